The van der Waals surface area contributed by atoms with Crippen molar-refractivity contribution in [2.24, 2.45) is 5.73 Å². The molecule has 0 saturated carbocycles. The fourth-order valence-corrected chi connectivity index (χ4v) is 0.951. The van der Waals surface area contributed by atoms with Gasteiger partial charge in [0, 0.05) is 7.05 Å². The van der Waals surface area contributed by atoms with Crippen molar-refractivity contribution in [1.29, 1.82) is 0 Å². The van der Waals surface area contributed by atoms with E-state index < -0.39 is 6.04 Å². The van der Waals surface area contributed by atoms with E-state index in [-0.39, 0.29) is 5.91 Å². The number of amides is 1. The van der Waals surface area contributed by atoms with E-state index >= 15 is 0 Å². The molecule has 1 unspecified atom stereocenters. The van der Waals surface area contributed by atoms with Gasteiger partial charge in [0.2, 0.25) is 0 Å². The first kappa shape index (κ1) is 9.76. The number of nitrogens with two attached hydrogens (primary N) is 1. The van der Waals surface area contributed by atoms with Gasteiger partial charge in [-0.25, -0.2) is 5.43 Å². The highest BCUT2D eigenvalue weighted by atomic mass is 16.3. The lowest BCUT2D eigenvalue weighted by Gasteiger charge is -2.08. The minimum absolute atomic E-state index is 0.322. The van der Waals surface area contributed by atoms with E-state index in [0.29, 0.717) is 5.76 Å². The number of aryl methyl sites for hydroxylation is 1. The van der Waals surface area contributed by atoms with E-state index in [2.05, 4.69) is 10.9 Å². The van der Waals surface area contributed by atoms with Gasteiger partial charge < -0.3 is 10.2 Å². The lowest BCUT2D eigenvalue weighted by atomic mass is 10.2. The largest absolute Gasteiger partial charge is 0.464 e. The molecule has 0 radical (unpaired) electrons. The highest BCUT2D eigenvalue weighted by Crippen LogP contribution is 2.13. The van der Waals surface area contributed by atoms with Gasteiger partial charge in [-0.3, -0.25) is 10.2 Å². The van der Waals surface area contributed by atoms with Crippen LogP contribution in [0.3, 0.4) is 0 Å². The molecule has 1 rings (SSSR count). The number of rotatable bonds is 3. The van der Waals surface area contributed by atoms with Gasteiger partial charge in [-0.15, -0.1) is 0 Å². The standard InChI is InChI=1S/C8H13N3O2/c1-5-3-4-6(13-5)7(9)8(12)11-10-2/h3-4,7,10H,9H2,1-2H3,(H,11,12). The van der Waals surface area contributed by atoms with Gasteiger partial charge >= 0.3 is 0 Å². The molecule has 0 aromatic carbocycles. The molecule has 1 heterocycles. The first-order valence-electron chi connectivity index (χ1n) is 3.93. The Morgan fingerprint density at radius 2 is 2.31 bits per heavy atom. The second-order valence-electron chi connectivity index (χ2n) is 2.67. The molecule has 13 heavy (non-hydrogen) atoms. The van der Waals surface area contributed by atoms with Crippen LogP contribution in [0.25, 0.3) is 0 Å². The molecular formula is C8H13N3O2. The Labute approximate surface area is 76.3 Å². The summed E-state index contributed by atoms with van der Waals surface area (Å²) in [5, 5.41) is 0. The molecule has 4 N–H and O–H groups in total. The third-order valence-electron chi connectivity index (χ3n) is 1.60. The minimum atomic E-state index is -0.763. The number of carbonyl (C=O) groups is 1. The van der Waals surface area contributed by atoms with Gasteiger partial charge in [-0.1, -0.05) is 0 Å². The Balaban J connectivity index is 2.67. The number of hydrogen-bond donors (Lipinski definition) is 3. The predicted octanol–water partition coefficient (Wildman–Crippen LogP) is -0.162. The number of carbonyl (C=O) groups excluding carboxylic acids is 1. The summed E-state index contributed by atoms with van der Waals surface area (Å²) in [4.78, 5) is 11.2. The Hall–Kier alpha value is -1.33. The van der Waals surface area contributed by atoms with E-state index in [1.54, 1.807) is 26.1 Å². The maximum Gasteiger partial charge on any atom is 0.258 e. The van der Waals surface area contributed by atoms with Crippen molar-refractivity contribution in [3.05, 3.63) is 23.7 Å². The first-order valence-corrected chi connectivity index (χ1v) is 3.93. The van der Waals surface area contributed by atoms with Crippen LogP contribution >= 0.6 is 0 Å². The average Bonchev–Trinajstić information content (AvgIpc) is 2.51. The summed E-state index contributed by atoms with van der Waals surface area (Å²) in [5.74, 6) is 0.879. The van der Waals surface area contributed by atoms with Gasteiger partial charge in [0.1, 0.15) is 17.6 Å². The van der Waals surface area contributed by atoms with Gasteiger partial charge in [0.05, 0.1) is 0 Å². The second kappa shape index (κ2) is 4.06. The fourth-order valence-electron chi connectivity index (χ4n) is 0.951. The molecule has 0 saturated heterocycles. The molecule has 1 aromatic rings. The summed E-state index contributed by atoms with van der Waals surface area (Å²) in [5.41, 5.74) is 10.5. The Morgan fingerprint density at radius 1 is 1.62 bits per heavy atom. The third-order valence-corrected chi connectivity index (χ3v) is 1.60. The van der Waals surface area contributed by atoms with Crippen molar-refractivity contribution < 1.29 is 9.21 Å². The monoisotopic (exact) mass is 183 g/mol. The smallest absolute Gasteiger partial charge is 0.258 e. The fraction of sp³-hybridized carbons (Fsp3) is 0.375. The lowest BCUT2D eigenvalue weighted by Crippen LogP contribution is -2.40. The van der Waals surface area contributed by atoms with Crippen molar-refractivity contribution in [2.75, 3.05) is 7.05 Å². The maximum absolute atomic E-state index is 11.2. The van der Waals surface area contributed by atoms with Crippen molar-refractivity contribution in [3.63, 3.8) is 0 Å². The van der Waals surface area contributed by atoms with Gasteiger partial charge in [-0.05, 0) is 19.1 Å². The van der Waals surface area contributed by atoms with Crippen LogP contribution in [-0.2, 0) is 4.79 Å². The SMILES string of the molecule is CNNC(=O)C(N)c1ccc(C)o1. The molecule has 5 nitrogen and oxygen atoms in total. The number of hydrazine groups is 1. The Kier molecular flexibility index (Phi) is 3.05. The number of nitrogens with one attached hydrogen (secondary N) is 2. The van der Waals surface area contributed by atoms with Gasteiger partial charge in [-0.2, -0.15) is 0 Å². The summed E-state index contributed by atoms with van der Waals surface area (Å²) in [6.07, 6.45) is 0. The molecule has 0 aliphatic rings. The van der Waals surface area contributed by atoms with E-state index in [4.69, 9.17) is 10.2 Å². The third kappa shape index (κ3) is 2.30. The summed E-state index contributed by atoms with van der Waals surface area (Å²) in [6, 6.07) is 2.69. The van der Waals surface area contributed by atoms with Crippen LogP contribution in [0.2, 0.25) is 0 Å². The van der Waals surface area contributed by atoms with Crippen molar-refractivity contribution in [2.45, 2.75) is 13.0 Å². The zero-order chi connectivity index (χ0) is 9.84. The van der Waals surface area contributed by atoms with Crippen LogP contribution in [0, 0.1) is 6.92 Å². The summed E-state index contributed by atoms with van der Waals surface area (Å²) < 4.78 is 5.20. The van der Waals surface area contributed by atoms with E-state index in [1.807, 2.05) is 0 Å². The van der Waals surface area contributed by atoms with Crippen LogP contribution < -0.4 is 16.6 Å². The van der Waals surface area contributed by atoms with Crippen LogP contribution in [-0.4, -0.2) is 13.0 Å². The quantitative estimate of drug-likeness (QED) is 0.569. The first-order chi connectivity index (χ1) is 6.15. The van der Waals surface area contributed by atoms with E-state index in [9.17, 15) is 4.79 Å². The van der Waals surface area contributed by atoms with Crippen molar-refractivity contribution in [1.82, 2.24) is 10.9 Å². The number of furan rings is 1. The summed E-state index contributed by atoms with van der Waals surface area (Å²) >= 11 is 0. The van der Waals surface area contributed by atoms with Gasteiger partial charge in [0.15, 0.2) is 0 Å². The zero-order valence-electron chi connectivity index (χ0n) is 7.63. The Bertz CT molecular complexity index is 295. The number of hydrogen-bond acceptors (Lipinski definition) is 4. The molecular weight excluding hydrogens is 170 g/mol. The molecule has 1 atom stereocenters. The highest BCUT2D eigenvalue weighted by molar-refractivity contribution is 5.81. The summed E-state index contributed by atoms with van der Waals surface area (Å²) in [6.45, 7) is 1.80. The molecule has 0 aliphatic carbocycles. The molecule has 1 aromatic heterocycles. The van der Waals surface area contributed by atoms with Gasteiger partial charge in [0.25, 0.3) is 5.91 Å². The molecule has 0 bridgehead atoms. The highest BCUT2D eigenvalue weighted by Gasteiger charge is 2.17. The van der Waals surface area contributed by atoms with Crippen LogP contribution in [0.5, 0.6) is 0 Å². The zero-order valence-corrected chi connectivity index (χ0v) is 7.63. The predicted molar refractivity (Wildman–Crippen MR) is 47.6 cm³/mol. The van der Waals surface area contributed by atoms with Crippen LogP contribution in [0.4, 0.5) is 0 Å². The normalized spacial score (nSPS) is 12.5. The van der Waals surface area contributed by atoms with E-state index in [0.717, 1.165) is 5.76 Å². The average molecular weight is 183 g/mol. The molecule has 1 amide bonds. The van der Waals surface area contributed by atoms with Crippen molar-refractivity contribution in [3.8, 4) is 0 Å². The summed E-state index contributed by atoms with van der Waals surface area (Å²) in [7, 11) is 1.60. The van der Waals surface area contributed by atoms with Crippen LogP contribution in [0.15, 0.2) is 16.5 Å². The van der Waals surface area contributed by atoms with Crippen LogP contribution in [0.1, 0.15) is 17.6 Å². The Morgan fingerprint density at radius 3 is 2.77 bits per heavy atom. The topological polar surface area (TPSA) is 80.3 Å². The van der Waals surface area contributed by atoms with Crippen molar-refractivity contribution >= 4 is 5.91 Å². The minimum Gasteiger partial charge on any atom is -0.464 e. The second-order valence-corrected chi connectivity index (χ2v) is 2.67. The maximum atomic E-state index is 11.2. The molecule has 5 heteroatoms. The van der Waals surface area contributed by atoms with E-state index in [1.165, 1.54) is 0 Å². The lowest BCUT2D eigenvalue weighted by molar-refractivity contribution is -0.123. The molecule has 0 fully saturated rings. The molecule has 72 valence electrons. The molecule has 0 aliphatic heterocycles. The molecule has 0 spiro atoms.